The van der Waals surface area contributed by atoms with Crippen LogP contribution in [0.15, 0.2) is 24.3 Å². The Bertz CT molecular complexity index is 558. The Morgan fingerprint density at radius 3 is 2.71 bits per heavy atom. The van der Waals surface area contributed by atoms with E-state index >= 15 is 0 Å². The summed E-state index contributed by atoms with van der Waals surface area (Å²) in [7, 11) is 0. The summed E-state index contributed by atoms with van der Waals surface area (Å²) in [5, 5.41) is 15.3. The van der Waals surface area contributed by atoms with E-state index in [-0.39, 0.29) is 18.0 Å². The minimum Gasteiger partial charge on any atom is -0.481 e. The van der Waals surface area contributed by atoms with E-state index in [1.807, 2.05) is 18.2 Å². The SMILES string of the molecule is O=C(O)C1CCCC1NC(=O)[C@@H]1Cc2ccccc2CN1. The molecule has 2 aliphatic rings. The molecule has 3 atom stereocenters. The van der Waals surface area contributed by atoms with E-state index in [9.17, 15) is 14.7 Å². The molecule has 1 amide bonds. The monoisotopic (exact) mass is 288 g/mol. The van der Waals surface area contributed by atoms with E-state index in [0.29, 0.717) is 19.4 Å². The minimum atomic E-state index is -0.806. The van der Waals surface area contributed by atoms with Gasteiger partial charge in [0.2, 0.25) is 5.91 Å². The lowest BCUT2D eigenvalue weighted by molar-refractivity contribution is -0.142. The van der Waals surface area contributed by atoms with Gasteiger partial charge in [0.25, 0.3) is 0 Å². The number of carbonyl (C=O) groups excluding carboxylic acids is 1. The first kappa shape index (κ1) is 14.1. The van der Waals surface area contributed by atoms with Crippen molar-refractivity contribution in [2.75, 3.05) is 0 Å². The maximum absolute atomic E-state index is 12.4. The summed E-state index contributed by atoms with van der Waals surface area (Å²) in [6.07, 6.45) is 2.93. The smallest absolute Gasteiger partial charge is 0.308 e. The van der Waals surface area contributed by atoms with Gasteiger partial charge in [-0.2, -0.15) is 0 Å². The van der Waals surface area contributed by atoms with Gasteiger partial charge in [-0.05, 0) is 30.4 Å². The molecule has 3 rings (SSSR count). The third-order valence-corrected chi connectivity index (χ3v) is 4.56. The molecular weight excluding hydrogens is 268 g/mol. The summed E-state index contributed by atoms with van der Waals surface area (Å²) in [4.78, 5) is 23.5. The third-order valence-electron chi connectivity index (χ3n) is 4.56. The number of hydrogen-bond donors (Lipinski definition) is 3. The van der Waals surface area contributed by atoms with Crippen LogP contribution >= 0.6 is 0 Å². The second-order valence-corrected chi connectivity index (χ2v) is 5.90. The van der Waals surface area contributed by atoms with Gasteiger partial charge >= 0.3 is 5.97 Å². The number of carboxylic acid groups (broad SMARTS) is 1. The highest BCUT2D eigenvalue weighted by molar-refractivity contribution is 5.83. The van der Waals surface area contributed by atoms with E-state index in [0.717, 1.165) is 12.8 Å². The summed E-state index contributed by atoms with van der Waals surface area (Å²) in [5.41, 5.74) is 2.42. The first-order valence-corrected chi connectivity index (χ1v) is 7.48. The van der Waals surface area contributed by atoms with Gasteiger partial charge in [-0.15, -0.1) is 0 Å². The predicted octanol–water partition coefficient (Wildman–Crippen LogP) is 1.07. The zero-order chi connectivity index (χ0) is 14.8. The zero-order valence-corrected chi connectivity index (χ0v) is 11.8. The van der Waals surface area contributed by atoms with E-state index in [1.54, 1.807) is 0 Å². The average molecular weight is 288 g/mol. The number of fused-ring (bicyclic) bond motifs is 1. The molecular formula is C16H20N2O3. The molecule has 0 bridgehead atoms. The van der Waals surface area contributed by atoms with E-state index < -0.39 is 11.9 Å². The van der Waals surface area contributed by atoms with Gasteiger partial charge in [-0.25, -0.2) is 0 Å². The van der Waals surface area contributed by atoms with Gasteiger partial charge in [0.1, 0.15) is 0 Å². The van der Waals surface area contributed by atoms with Crippen LogP contribution < -0.4 is 10.6 Å². The predicted molar refractivity (Wildman–Crippen MR) is 77.7 cm³/mol. The summed E-state index contributed by atoms with van der Waals surface area (Å²) in [6.45, 7) is 0.682. The highest BCUT2D eigenvalue weighted by atomic mass is 16.4. The number of carbonyl (C=O) groups is 2. The van der Waals surface area contributed by atoms with Crippen molar-refractivity contribution in [3.63, 3.8) is 0 Å². The molecule has 1 heterocycles. The first-order chi connectivity index (χ1) is 10.1. The molecule has 0 aromatic heterocycles. The summed E-state index contributed by atoms with van der Waals surface area (Å²) in [6, 6.07) is 7.59. The molecule has 0 saturated heterocycles. The van der Waals surface area contributed by atoms with Crippen LogP contribution in [-0.2, 0) is 22.6 Å². The van der Waals surface area contributed by atoms with Crippen molar-refractivity contribution in [3.8, 4) is 0 Å². The van der Waals surface area contributed by atoms with Crippen molar-refractivity contribution >= 4 is 11.9 Å². The van der Waals surface area contributed by atoms with Crippen LogP contribution in [0.25, 0.3) is 0 Å². The second-order valence-electron chi connectivity index (χ2n) is 5.90. The van der Waals surface area contributed by atoms with Gasteiger partial charge < -0.3 is 15.7 Å². The third kappa shape index (κ3) is 2.93. The van der Waals surface area contributed by atoms with E-state index in [4.69, 9.17) is 0 Å². The molecule has 21 heavy (non-hydrogen) atoms. The molecule has 5 nitrogen and oxygen atoms in total. The summed E-state index contributed by atoms with van der Waals surface area (Å²) in [5.74, 6) is -1.33. The van der Waals surface area contributed by atoms with Gasteiger partial charge in [0.15, 0.2) is 0 Å². The fraction of sp³-hybridized carbons (Fsp3) is 0.500. The fourth-order valence-electron chi connectivity index (χ4n) is 3.35. The molecule has 0 spiro atoms. The van der Waals surface area contributed by atoms with Crippen LogP contribution in [0.4, 0.5) is 0 Å². The summed E-state index contributed by atoms with van der Waals surface area (Å²) >= 11 is 0. The standard InChI is InChI=1S/C16H20N2O3/c19-15(18-13-7-3-6-12(13)16(20)21)14-8-10-4-1-2-5-11(10)9-17-14/h1-2,4-5,12-14,17H,3,6-9H2,(H,18,19)(H,20,21)/t12?,13?,14-/m0/s1. The maximum atomic E-state index is 12.4. The molecule has 1 fully saturated rings. The van der Waals surface area contributed by atoms with Crippen molar-refractivity contribution < 1.29 is 14.7 Å². The molecule has 0 radical (unpaired) electrons. The Labute approximate surface area is 123 Å². The molecule has 2 unspecified atom stereocenters. The Morgan fingerprint density at radius 1 is 1.19 bits per heavy atom. The maximum Gasteiger partial charge on any atom is 0.308 e. The van der Waals surface area contributed by atoms with E-state index in [2.05, 4.69) is 16.7 Å². The Morgan fingerprint density at radius 2 is 1.95 bits per heavy atom. The quantitative estimate of drug-likeness (QED) is 0.777. The van der Waals surface area contributed by atoms with Crippen molar-refractivity contribution in [1.29, 1.82) is 0 Å². The normalized spacial score (nSPS) is 27.9. The van der Waals surface area contributed by atoms with Crippen LogP contribution in [0.1, 0.15) is 30.4 Å². The van der Waals surface area contributed by atoms with Crippen molar-refractivity contribution in [3.05, 3.63) is 35.4 Å². The fourth-order valence-corrected chi connectivity index (χ4v) is 3.35. The lowest BCUT2D eigenvalue weighted by atomic mass is 9.95. The zero-order valence-electron chi connectivity index (χ0n) is 11.8. The molecule has 1 saturated carbocycles. The van der Waals surface area contributed by atoms with Crippen LogP contribution in [0.2, 0.25) is 0 Å². The average Bonchev–Trinajstić information content (AvgIpc) is 2.95. The number of rotatable bonds is 3. The number of nitrogens with one attached hydrogen (secondary N) is 2. The van der Waals surface area contributed by atoms with Crippen molar-refractivity contribution in [1.82, 2.24) is 10.6 Å². The van der Waals surface area contributed by atoms with E-state index in [1.165, 1.54) is 11.1 Å². The number of aliphatic carboxylic acids is 1. The van der Waals surface area contributed by atoms with Gasteiger partial charge in [-0.3, -0.25) is 9.59 Å². The van der Waals surface area contributed by atoms with Gasteiger partial charge in [0.05, 0.1) is 12.0 Å². The number of hydrogen-bond acceptors (Lipinski definition) is 3. The van der Waals surface area contributed by atoms with Gasteiger partial charge in [-0.1, -0.05) is 30.7 Å². The molecule has 1 aliphatic carbocycles. The Hall–Kier alpha value is -1.88. The molecule has 5 heteroatoms. The van der Waals surface area contributed by atoms with Crippen LogP contribution in [0, 0.1) is 5.92 Å². The Balaban J connectivity index is 1.63. The lowest BCUT2D eigenvalue weighted by Gasteiger charge is -2.27. The van der Waals surface area contributed by atoms with Crippen LogP contribution in [-0.4, -0.2) is 29.1 Å². The molecule has 3 N–H and O–H groups in total. The highest BCUT2D eigenvalue weighted by Gasteiger charge is 2.35. The lowest BCUT2D eigenvalue weighted by Crippen LogP contribution is -2.51. The van der Waals surface area contributed by atoms with Gasteiger partial charge in [0, 0.05) is 12.6 Å². The topological polar surface area (TPSA) is 78.4 Å². The second kappa shape index (κ2) is 5.85. The largest absolute Gasteiger partial charge is 0.481 e. The molecule has 1 aliphatic heterocycles. The van der Waals surface area contributed by atoms with Crippen molar-refractivity contribution in [2.45, 2.75) is 44.3 Å². The minimum absolute atomic E-state index is 0.0809. The van der Waals surface area contributed by atoms with Crippen molar-refractivity contribution in [2.24, 2.45) is 5.92 Å². The molecule has 1 aromatic rings. The van der Waals surface area contributed by atoms with Crippen LogP contribution in [0.3, 0.4) is 0 Å². The highest BCUT2D eigenvalue weighted by Crippen LogP contribution is 2.26. The first-order valence-electron chi connectivity index (χ1n) is 7.48. The van der Waals surface area contributed by atoms with Crippen LogP contribution in [0.5, 0.6) is 0 Å². The number of benzene rings is 1. The number of carboxylic acids is 1. The molecule has 1 aromatic carbocycles. The summed E-state index contributed by atoms with van der Waals surface area (Å²) < 4.78 is 0. The molecule has 112 valence electrons. The Kier molecular flexibility index (Phi) is 3.92. The number of amides is 1.